The Kier molecular flexibility index (Phi) is 3.85. The number of halogens is 3. The van der Waals surface area contributed by atoms with Gasteiger partial charge in [0.1, 0.15) is 5.78 Å². The number of carbonyl (C=O) groups excluding carboxylic acids is 1. The van der Waals surface area contributed by atoms with Crippen molar-refractivity contribution in [1.82, 2.24) is 0 Å². The fraction of sp³-hybridized carbons (Fsp3) is 0.571. The molecule has 0 saturated heterocycles. The maximum Gasteiger partial charge on any atom is 0.389 e. The monoisotopic (exact) mass is 166 g/mol. The van der Waals surface area contributed by atoms with E-state index >= 15 is 0 Å². The van der Waals surface area contributed by atoms with Gasteiger partial charge in [-0.1, -0.05) is 6.08 Å². The number of ketones is 1. The molecule has 0 N–H and O–H groups in total. The fourth-order valence-electron chi connectivity index (χ4n) is 0.544. The molecule has 0 bridgehead atoms. The molecule has 11 heavy (non-hydrogen) atoms. The Morgan fingerprint density at radius 3 is 2.36 bits per heavy atom. The molecule has 0 spiro atoms. The molecular weight excluding hydrogens is 157 g/mol. The van der Waals surface area contributed by atoms with Gasteiger partial charge in [-0.2, -0.15) is 13.2 Å². The van der Waals surface area contributed by atoms with Crippen molar-refractivity contribution in [3.63, 3.8) is 0 Å². The lowest BCUT2D eigenvalue weighted by atomic mass is 10.1. The number of Topliss-reactive ketones (excluding diaryl/α,β-unsaturated/α-hetero) is 1. The molecule has 0 atom stereocenters. The summed E-state index contributed by atoms with van der Waals surface area (Å²) in [5.74, 6) is -0.419. The summed E-state index contributed by atoms with van der Waals surface area (Å²) in [5, 5.41) is 0. The molecule has 4 heteroatoms. The first-order valence-electron chi connectivity index (χ1n) is 3.15. The molecule has 0 aliphatic carbocycles. The van der Waals surface area contributed by atoms with Crippen LogP contribution in [0.3, 0.4) is 0 Å². The fourth-order valence-corrected chi connectivity index (χ4v) is 0.544. The van der Waals surface area contributed by atoms with Crippen molar-refractivity contribution >= 4 is 5.78 Å². The molecule has 0 saturated carbocycles. The van der Waals surface area contributed by atoms with E-state index < -0.39 is 24.8 Å². The zero-order chi connectivity index (χ0) is 8.91. The van der Waals surface area contributed by atoms with Crippen LogP contribution in [-0.4, -0.2) is 12.0 Å². The van der Waals surface area contributed by atoms with Crippen molar-refractivity contribution in [2.75, 3.05) is 0 Å². The Morgan fingerprint density at radius 1 is 1.45 bits per heavy atom. The zero-order valence-corrected chi connectivity index (χ0v) is 5.95. The minimum absolute atomic E-state index is 0.0239. The van der Waals surface area contributed by atoms with E-state index in [1.165, 1.54) is 6.08 Å². The topological polar surface area (TPSA) is 17.1 Å². The van der Waals surface area contributed by atoms with Gasteiger partial charge < -0.3 is 0 Å². The predicted octanol–water partition coefficient (Wildman–Crippen LogP) is 2.47. The van der Waals surface area contributed by atoms with Crippen molar-refractivity contribution in [2.45, 2.75) is 25.4 Å². The minimum Gasteiger partial charge on any atom is -0.299 e. The number of rotatable bonds is 4. The van der Waals surface area contributed by atoms with Gasteiger partial charge in [0.2, 0.25) is 0 Å². The first-order valence-corrected chi connectivity index (χ1v) is 3.15. The van der Waals surface area contributed by atoms with Crippen molar-refractivity contribution in [1.29, 1.82) is 0 Å². The molecule has 0 rings (SSSR count). The van der Waals surface area contributed by atoms with Gasteiger partial charge in [0, 0.05) is 12.8 Å². The van der Waals surface area contributed by atoms with Crippen molar-refractivity contribution in [2.24, 2.45) is 0 Å². The van der Waals surface area contributed by atoms with Crippen molar-refractivity contribution in [3.05, 3.63) is 12.7 Å². The van der Waals surface area contributed by atoms with Gasteiger partial charge in [-0.05, 0) is 0 Å². The number of alkyl halides is 3. The van der Waals surface area contributed by atoms with Gasteiger partial charge in [-0.3, -0.25) is 4.79 Å². The molecule has 0 aromatic carbocycles. The highest BCUT2D eigenvalue weighted by atomic mass is 19.4. The lowest BCUT2D eigenvalue weighted by molar-refractivity contribution is -0.142. The van der Waals surface area contributed by atoms with Crippen LogP contribution in [0.4, 0.5) is 13.2 Å². The largest absolute Gasteiger partial charge is 0.389 e. The van der Waals surface area contributed by atoms with Gasteiger partial charge in [0.25, 0.3) is 0 Å². The summed E-state index contributed by atoms with van der Waals surface area (Å²) < 4.78 is 34.4. The molecule has 0 aromatic rings. The Bertz CT molecular complexity index is 148. The maximum atomic E-state index is 11.5. The summed E-state index contributed by atoms with van der Waals surface area (Å²) in [5.41, 5.74) is 0. The third-order valence-corrected chi connectivity index (χ3v) is 1.06. The van der Waals surface area contributed by atoms with Crippen LogP contribution in [-0.2, 0) is 4.79 Å². The van der Waals surface area contributed by atoms with Gasteiger partial charge in [-0.25, -0.2) is 0 Å². The van der Waals surface area contributed by atoms with Gasteiger partial charge in [-0.15, -0.1) is 6.58 Å². The van der Waals surface area contributed by atoms with Crippen LogP contribution >= 0.6 is 0 Å². The Labute approximate surface area is 62.9 Å². The van der Waals surface area contributed by atoms with Crippen LogP contribution < -0.4 is 0 Å². The molecule has 0 aliphatic rings. The number of hydrogen-bond donors (Lipinski definition) is 0. The summed E-state index contributed by atoms with van der Waals surface area (Å²) in [6.45, 7) is 3.24. The van der Waals surface area contributed by atoms with Crippen LogP contribution in [0.2, 0.25) is 0 Å². The zero-order valence-electron chi connectivity index (χ0n) is 5.95. The van der Waals surface area contributed by atoms with Crippen LogP contribution in [0.25, 0.3) is 0 Å². The summed E-state index contributed by atoms with van der Waals surface area (Å²) >= 11 is 0. The SMILES string of the molecule is C=CCC(=O)CCC(F)(F)F. The summed E-state index contributed by atoms with van der Waals surface area (Å²) in [6.07, 6.45) is -4.36. The molecule has 0 unspecified atom stereocenters. The Balaban J connectivity index is 3.54. The predicted molar refractivity (Wildman–Crippen MR) is 35.1 cm³/mol. The van der Waals surface area contributed by atoms with Crippen molar-refractivity contribution in [3.8, 4) is 0 Å². The third kappa shape index (κ3) is 7.09. The lowest BCUT2D eigenvalue weighted by Gasteiger charge is -2.03. The molecular formula is C7H9F3O. The quantitative estimate of drug-likeness (QED) is 0.586. The van der Waals surface area contributed by atoms with Crippen molar-refractivity contribution < 1.29 is 18.0 Å². The first kappa shape index (κ1) is 10.2. The molecule has 1 nitrogen and oxygen atoms in total. The molecule has 0 aromatic heterocycles. The molecule has 0 fully saturated rings. The smallest absolute Gasteiger partial charge is 0.299 e. The summed E-state index contributed by atoms with van der Waals surface area (Å²) in [4.78, 5) is 10.5. The standard InChI is InChI=1S/C7H9F3O/c1-2-3-6(11)4-5-7(8,9)10/h2H,1,3-5H2. The molecule has 0 heterocycles. The highest BCUT2D eigenvalue weighted by Crippen LogP contribution is 2.21. The maximum absolute atomic E-state index is 11.5. The Morgan fingerprint density at radius 2 is 2.00 bits per heavy atom. The average Bonchev–Trinajstić information content (AvgIpc) is 1.83. The first-order chi connectivity index (χ1) is 4.95. The third-order valence-electron chi connectivity index (χ3n) is 1.06. The van der Waals surface area contributed by atoms with Crippen LogP contribution in [0.5, 0.6) is 0 Å². The summed E-state index contributed by atoms with van der Waals surface area (Å²) in [6, 6.07) is 0. The van der Waals surface area contributed by atoms with E-state index in [9.17, 15) is 18.0 Å². The van der Waals surface area contributed by atoms with E-state index in [4.69, 9.17) is 0 Å². The highest BCUT2D eigenvalue weighted by molar-refractivity contribution is 5.79. The van der Waals surface area contributed by atoms with E-state index in [-0.39, 0.29) is 6.42 Å². The number of allylic oxidation sites excluding steroid dienone is 1. The molecule has 0 amide bonds. The van der Waals surface area contributed by atoms with E-state index in [2.05, 4.69) is 6.58 Å². The van der Waals surface area contributed by atoms with E-state index in [0.29, 0.717) is 0 Å². The van der Waals surface area contributed by atoms with E-state index in [1.54, 1.807) is 0 Å². The minimum atomic E-state index is -4.23. The number of hydrogen-bond acceptors (Lipinski definition) is 1. The normalized spacial score (nSPS) is 11.2. The van der Waals surface area contributed by atoms with Crippen LogP contribution in [0.15, 0.2) is 12.7 Å². The average molecular weight is 166 g/mol. The highest BCUT2D eigenvalue weighted by Gasteiger charge is 2.27. The number of carbonyl (C=O) groups is 1. The second-order valence-corrected chi connectivity index (χ2v) is 2.15. The summed E-state index contributed by atoms with van der Waals surface area (Å²) in [7, 11) is 0. The Hall–Kier alpha value is -0.800. The molecule has 0 aliphatic heterocycles. The second-order valence-electron chi connectivity index (χ2n) is 2.15. The second kappa shape index (κ2) is 4.16. The van der Waals surface area contributed by atoms with E-state index in [1.807, 2.05) is 0 Å². The van der Waals surface area contributed by atoms with Gasteiger partial charge in [0.15, 0.2) is 0 Å². The molecule has 0 radical (unpaired) electrons. The van der Waals surface area contributed by atoms with Crippen LogP contribution in [0.1, 0.15) is 19.3 Å². The van der Waals surface area contributed by atoms with Crippen LogP contribution in [0, 0.1) is 0 Å². The van der Waals surface area contributed by atoms with E-state index in [0.717, 1.165) is 0 Å². The lowest BCUT2D eigenvalue weighted by Crippen LogP contribution is -2.10. The van der Waals surface area contributed by atoms with Gasteiger partial charge in [0.05, 0.1) is 6.42 Å². The van der Waals surface area contributed by atoms with Gasteiger partial charge >= 0.3 is 6.18 Å². The molecule has 64 valence electrons.